The standard InChI is InChI=1S/C13H8ClN3O3S2/c14-11-12(17-4-6-21-13(17)15-11)22(18,19)16-9-1-2-10-8(7-9)3-5-20-10/h1-7,16H. The molecule has 3 heterocycles. The van der Waals surface area contributed by atoms with Gasteiger partial charge >= 0.3 is 0 Å². The Labute approximate surface area is 134 Å². The number of anilines is 1. The summed E-state index contributed by atoms with van der Waals surface area (Å²) in [7, 11) is -3.85. The van der Waals surface area contributed by atoms with E-state index in [0.29, 0.717) is 16.2 Å². The van der Waals surface area contributed by atoms with E-state index in [0.717, 1.165) is 5.39 Å². The molecule has 0 atom stereocenters. The molecule has 9 heteroatoms. The van der Waals surface area contributed by atoms with E-state index in [1.54, 1.807) is 42.1 Å². The van der Waals surface area contributed by atoms with E-state index in [1.165, 1.54) is 15.7 Å². The summed E-state index contributed by atoms with van der Waals surface area (Å²) in [5, 5.41) is 2.43. The van der Waals surface area contributed by atoms with E-state index in [-0.39, 0.29) is 10.2 Å². The summed E-state index contributed by atoms with van der Waals surface area (Å²) in [6.45, 7) is 0. The molecule has 0 aliphatic rings. The summed E-state index contributed by atoms with van der Waals surface area (Å²) >= 11 is 7.29. The van der Waals surface area contributed by atoms with Gasteiger partial charge in [0.2, 0.25) is 0 Å². The van der Waals surface area contributed by atoms with Crippen LogP contribution in [0.3, 0.4) is 0 Å². The first kappa shape index (κ1) is 13.6. The van der Waals surface area contributed by atoms with Crippen molar-refractivity contribution >= 4 is 54.6 Å². The Morgan fingerprint density at radius 3 is 3.05 bits per heavy atom. The molecule has 6 nitrogen and oxygen atoms in total. The number of sulfonamides is 1. The summed E-state index contributed by atoms with van der Waals surface area (Å²) in [5.74, 6) is 0. The van der Waals surface area contributed by atoms with Gasteiger partial charge in [0, 0.05) is 22.7 Å². The lowest BCUT2D eigenvalue weighted by atomic mass is 10.2. The highest BCUT2D eigenvalue weighted by Crippen LogP contribution is 2.28. The molecule has 1 N–H and O–H groups in total. The number of thiazole rings is 1. The highest BCUT2D eigenvalue weighted by molar-refractivity contribution is 7.92. The van der Waals surface area contributed by atoms with Gasteiger partial charge in [-0.05, 0) is 24.3 Å². The van der Waals surface area contributed by atoms with Crippen molar-refractivity contribution in [2.45, 2.75) is 5.03 Å². The van der Waals surface area contributed by atoms with E-state index < -0.39 is 10.0 Å². The van der Waals surface area contributed by atoms with E-state index in [2.05, 4.69) is 9.71 Å². The van der Waals surface area contributed by atoms with Gasteiger partial charge < -0.3 is 4.42 Å². The molecule has 0 unspecified atom stereocenters. The van der Waals surface area contributed by atoms with Crippen molar-refractivity contribution in [1.29, 1.82) is 0 Å². The highest BCUT2D eigenvalue weighted by Gasteiger charge is 2.25. The summed E-state index contributed by atoms with van der Waals surface area (Å²) in [5.41, 5.74) is 1.11. The van der Waals surface area contributed by atoms with Crippen LogP contribution in [-0.2, 0) is 10.0 Å². The van der Waals surface area contributed by atoms with Crippen molar-refractivity contribution in [1.82, 2.24) is 9.38 Å². The van der Waals surface area contributed by atoms with Crippen molar-refractivity contribution in [2.75, 3.05) is 4.72 Å². The monoisotopic (exact) mass is 353 g/mol. The van der Waals surface area contributed by atoms with Gasteiger partial charge in [-0.2, -0.15) is 8.42 Å². The lowest BCUT2D eigenvalue weighted by Crippen LogP contribution is -2.15. The van der Waals surface area contributed by atoms with Crippen molar-refractivity contribution in [3.63, 3.8) is 0 Å². The van der Waals surface area contributed by atoms with Crippen LogP contribution < -0.4 is 4.72 Å². The zero-order chi connectivity index (χ0) is 15.3. The van der Waals surface area contributed by atoms with Crippen LogP contribution in [0.25, 0.3) is 15.9 Å². The maximum Gasteiger partial charge on any atom is 0.281 e. The number of halogens is 1. The second-order valence-corrected chi connectivity index (χ2v) is 7.37. The Balaban J connectivity index is 1.80. The third-order valence-electron chi connectivity index (χ3n) is 3.14. The molecule has 0 bridgehead atoms. The van der Waals surface area contributed by atoms with Crippen LogP contribution in [-0.4, -0.2) is 17.8 Å². The molecule has 3 aromatic heterocycles. The van der Waals surface area contributed by atoms with Gasteiger partial charge in [-0.1, -0.05) is 11.6 Å². The molecule has 0 fully saturated rings. The van der Waals surface area contributed by atoms with Gasteiger partial charge in [-0.15, -0.1) is 11.3 Å². The van der Waals surface area contributed by atoms with E-state index in [4.69, 9.17) is 16.0 Å². The maximum atomic E-state index is 12.6. The van der Waals surface area contributed by atoms with E-state index in [1.807, 2.05) is 0 Å². The van der Waals surface area contributed by atoms with E-state index in [9.17, 15) is 8.42 Å². The van der Waals surface area contributed by atoms with Crippen LogP contribution in [0, 0.1) is 0 Å². The molecule has 22 heavy (non-hydrogen) atoms. The Kier molecular flexibility index (Phi) is 2.93. The van der Waals surface area contributed by atoms with Gasteiger partial charge in [0.15, 0.2) is 15.1 Å². The predicted octanol–water partition coefficient (Wildman–Crippen LogP) is 3.60. The fraction of sp³-hybridized carbons (Fsp3) is 0. The van der Waals surface area contributed by atoms with E-state index >= 15 is 0 Å². The number of hydrogen-bond donors (Lipinski definition) is 1. The van der Waals surface area contributed by atoms with Crippen LogP contribution in [0.2, 0.25) is 5.15 Å². The number of rotatable bonds is 3. The van der Waals surface area contributed by atoms with Crippen molar-refractivity contribution in [2.24, 2.45) is 0 Å². The number of furan rings is 1. The summed E-state index contributed by atoms with van der Waals surface area (Å²) in [6.07, 6.45) is 3.17. The molecule has 0 radical (unpaired) electrons. The Morgan fingerprint density at radius 2 is 2.18 bits per heavy atom. The van der Waals surface area contributed by atoms with Gasteiger partial charge in [0.25, 0.3) is 10.0 Å². The molecule has 1 aromatic carbocycles. The van der Waals surface area contributed by atoms with Crippen molar-refractivity contribution in [3.05, 3.63) is 47.3 Å². The van der Waals surface area contributed by atoms with Crippen LogP contribution in [0.4, 0.5) is 5.69 Å². The Morgan fingerprint density at radius 1 is 1.32 bits per heavy atom. The van der Waals surface area contributed by atoms with Gasteiger partial charge in [0.05, 0.1) is 6.26 Å². The molecule has 0 saturated carbocycles. The molecule has 0 aliphatic heterocycles. The minimum absolute atomic E-state index is 0.0521. The molecule has 4 rings (SSSR count). The number of fused-ring (bicyclic) bond motifs is 2. The fourth-order valence-corrected chi connectivity index (χ4v) is 4.72. The molecule has 112 valence electrons. The molecular formula is C13H8ClN3O3S2. The Bertz CT molecular complexity index is 1090. The van der Waals surface area contributed by atoms with Crippen LogP contribution in [0.5, 0.6) is 0 Å². The Hall–Kier alpha value is -2.03. The highest BCUT2D eigenvalue weighted by atomic mass is 35.5. The molecule has 0 saturated heterocycles. The lowest BCUT2D eigenvalue weighted by molar-refractivity contribution is 0.596. The lowest BCUT2D eigenvalue weighted by Gasteiger charge is -2.07. The minimum Gasteiger partial charge on any atom is -0.464 e. The number of nitrogens with one attached hydrogen (secondary N) is 1. The largest absolute Gasteiger partial charge is 0.464 e. The molecule has 0 spiro atoms. The number of nitrogens with zero attached hydrogens (tertiary/aromatic N) is 2. The molecule has 0 aliphatic carbocycles. The minimum atomic E-state index is -3.85. The quantitative estimate of drug-likeness (QED) is 0.610. The molecular weight excluding hydrogens is 346 g/mol. The van der Waals surface area contributed by atoms with Gasteiger partial charge in [-0.3, -0.25) is 9.12 Å². The number of imidazole rings is 1. The first-order valence-electron chi connectivity index (χ1n) is 6.16. The second-order valence-electron chi connectivity index (χ2n) is 4.54. The van der Waals surface area contributed by atoms with Gasteiger partial charge in [-0.25, -0.2) is 4.98 Å². The van der Waals surface area contributed by atoms with Crippen molar-refractivity contribution in [3.8, 4) is 0 Å². The summed E-state index contributed by atoms with van der Waals surface area (Å²) in [6, 6.07) is 6.78. The first-order valence-corrected chi connectivity index (χ1v) is 8.90. The zero-order valence-corrected chi connectivity index (χ0v) is 13.2. The van der Waals surface area contributed by atoms with Crippen LogP contribution in [0.1, 0.15) is 0 Å². The second kappa shape index (κ2) is 4.73. The maximum absolute atomic E-state index is 12.6. The average molecular weight is 354 g/mol. The number of aromatic nitrogens is 2. The summed E-state index contributed by atoms with van der Waals surface area (Å²) in [4.78, 5) is 4.56. The SMILES string of the molecule is O=S(=O)(Nc1ccc2occc2c1)c1c(Cl)nc2sccn12. The predicted molar refractivity (Wildman–Crippen MR) is 85.1 cm³/mol. The summed E-state index contributed by atoms with van der Waals surface area (Å²) < 4.78 is 34.4. The van der Waals surface area contributed by atoms with Crippen LogP contribution >= 0.6 is 22.9 Å². The van der Waals surface area contributed by atoms with Crippen molar-refractivity contribution < 1.29 is 12.8 Å². The molecule has 0 amide bonds. The van der Waals surface area contributed by atoms with Gasteiger partial charge in [0.1, 0.15) is 5.58 Å². The number of benzene rings is 1. The third-order valence-corrected chi connectivity index (χ3v) is 5.67. The fourth-order valence-electron chi connectivity index (χ4n) is 2.21. The third kappa shape index (κ3) is 2.07. The first-order chi connectivity index (χ1) is 10.5. The zero-order valence-electron chi connectivity index (χ0n) is 10.9. The average Bonchev–Trinajstić information content (AvgIpc) is 3.11. The van der Waals surface area contributed by atoms with Crippen LogP contribution in [0.15, 0.2) is 51.5 Å². The number of hydrogen-bond acceptors (Lipinski definition) is 5. The normalized spacial score (nSPS) is 12.2. The topological polar surface area (TPSA) is 76.6 Å². The smallest absolute Gasteiger partial charge is 0.281 e. The molecule has 4 aromatic rings.